The normalized spacial score (nSPS) is 39.8. The van der Waals surface area contributed by atoms with E-state index in [1.165, 1.54) is 11.4 Å². The average Bonchev–Trinajstić information content (AvgIpc) is 2.85. The summed E-state index contributed by atoms with van der Waals surface area (Å²) >= 11 is 0. The quantitative estimate of drug-likeness (QED) is 0.855. The van der Waals surface area contributed by atoms with Crippen molar-refractivity contribution in [2.24, 2.45) is 11.8 Å². The number of aliphatic hydroxyl groups excluding tert-OH is 1. The van der Waals surface area contributed by atoms with Crippen molar-refractivity contribution in [3.63, 3.8) is 0 Å². The SMILES string of the molecule is Cc1ccc(C)n1C1CC(C)C2OC(C)(C)CC2C1O. The summed E-state index contributed by atoms with van der Waals surface area (Å²) in [4.78, 5) is 0. The van der Waals surface area contributed by atoms with Gasteiger partial charge in [-0.1, -0.05) is 6.92 Å². The van der Waals surface area contributed by atoms with Crippen LogP contribution in [0.1, 0.15) is 51.0 Å². The van der Waals surface area contributed by atoms with Crippen molar-refractivity contribution >= 4 is 0 Å². The van der Waals surface area contributed by atoms with Gasteiger partial charge in [0.05, 0.1) is 23.9 Å². The summed E-state index contributed by atoms with van der Waals surface area (Å²) in [5, 5.41) is 10.9. The zero-order valence-electron chi connectivity index (χ0n) is 13.3. The largest absolute Gasteiger partial charge is 0.391 e. The number of hydrogen-bond donors (Lipinski definition) is 1. The minimum absolute atomic E-state index is 0.0970. The fourth-order valence-electron chi connectivity index (χ4n) is 4.44. The Kier molecular flexibility index (Phi) is 3.26. The molecule has 1 N–H and O–H groups in total. The van der Waals surface area contributed by atoms with Crippen molar-refractivity contribution in [2.75, 3.05) is 0 Å². The van der Waals surface area contributed by atoms with Gasteiger partial charge >= 0.3 is 0 Å². The van der Waals surface area contributed by atoms with E-state index in [1.54, 1.807) is 0 Å². The van der Waals surface area contributed by atoms with Crippen LogP contribution in [0.25, 0.3) is 0 Å². The van der Waals surface area contributed by atoms with Gasteiger partial charge in [-0.25, -0.2) is 0 Å². The van der Waals surface area contributed by atoms with E-state index in [2.05, 4.69) is 51.3 Å². The summed E-state index contributed by atoms with van der Waals surface area (Å²) < 4.78 is 8.51. The fourth-order valence-corrected chi connectivity index (χ4v) is 4.44. The van der Waals surface area contributed by atoms with Crippen LogP contribution in [0.4, 0.5) is 0 Å². The van der Waals surface area contributed by atoms with Crippen LogP contribution in [-0.4, -0.2) is 27.5 Å². The van der Waals surface area contributed by atoms with E-state index in [4.69, 9.17) is 4.74 Å². The first-order valence-electron chi connectivity index (χ1n) is 7.80. The van der Waals surface area contributed by atoms with Crippen LogP contribution in [0.5, 0.6) is 0 Å². The topological polar surface area (TPSA) is 34.4 Å². The number of aromatic nitrogens is 1. The molecule has 3 rings (SSSR count). The predicted octanol–water partition coefficient (Wildman–Crippen LogP) is 3.23. The maximum Gasteiger partial charge on any atom is 0.0801 e. The zero-order chi connectivity index (χ0) is 14.7. The van der Waals surface area contributed by atoms with Crippen LogP contribution in [-0.2, 0) is 4.74 Å². The Bertz CT molecular complexity index is 486. The van der Waals surface area contributed by atoms with Crippen molar-refractivity contribution in [1.29, 1.82) is 0 Å². The highest BCUT2D eigenvalue weighted by Crippen LogP contribution is 2.48. The van der Waals surface area contributed by atoms with Crippen LogP contribution >= 0.6 is 0 Å². The van der Waals surface area contributed by atoms with Gasteiger partial charge in [0.2, 0.25) is 0 Å². The van der Waals surface area contributed by atoms with Gasteiger partial charge in [0.1, 0.15) is 0 Å². The Morgan fingerprint density at radius 2 is 1.85 bits per heavy atom. The number of ether oxygens (including phenoxy) is 1. The van der Waals surface area contributed by atoms with Gasteiger partial charge in [0.25, 0.3) is 0 Å². The first-order chi connectivity index (χ1) is 9.30. The molecule has 0 spiro atoms. The van der Waals surface area contributed by atoms with Gasteiger partial charge in [-0.3, -0.25) is 0 Å². The maximum atomic E-state index is 10.9. The molecule has 0 radical (unpaired) electrons. The Labute approximate surface area is 121 Å². The van der Waals surface area contributed by atoms with Gasteiger partial charge < -0.3 is 14.4 Å². The summed E-state index contributed by atoms with van der Waals surface area (Å²) in [6.07, 6.45) is 1.86. The van der Waals surface area contributed by atoms with Crippen LogP contribution in [0, 0.1) is 25.7 Å². The van der Waals surface area contributed by atoms with Crippen LogP contribution in [0.2, 0.25) is 0 Å². The van der Waals surface area contributed by atoms with E-state index >= 15 is 0 Å². The second kappa shape index (κ2) is 4.60. The molecular weight excluding hydrogens is 250 g/mol. The van der Waals surface area contributed by atoms with Crippen molar-refractivity contribution < 1.29 is 9.84 Å². The number of rotatable bonds is 1. The Hall–Kier alpha value is -0.800. The van der Waals surface area contributed by atoms with Crippen molar-refractivity contribution in [3.05, 3.63) is 23.5 Å². The zero-order valence-corrected chi connectivity index (χ0v) is 13.3. The summed E-state index contributed by atoms with van der Waals surface area (Å²) in [5.41, 5.74) is 2.39. The minimum Gasteiger partial charge on any atom is -0.391 e. The molecule has 0 aromatic carbocycles. The molecule has 20 heavy (non-hydrogen) atoms. The van der Waals surface area contributed by atoms with Crippen LogP contribution in [0.15, 0.2) is 12.1 Å². The highest BCUT2D eigenvalue weighted by atomic mass is 16.5. The molecule has 112 valence electrons. The molecule has 2 fully saturated rings. The van der Waals surface area contributed by atoms with E-state index < -0.39 is 0 Å². The molecular formula is C17H27NO2. The van der Waals surface area contributed by atoms with Crippen molar-refractivity contribution in [1.82, 2.24) is 4.57 Å². The fraction of sp³-hybridized carbons (Fsp3) is 0.765. The molecule has 1 saturated heterocycles. The lowest BCUT2D eigenvalue weighted by molar-refractivity contribution is -0.0910. The molecule has 2 aliphatic rings. The Morgan fingerprint density at radius 1 is 1.25 bits per heavy atom. The third-order valence-corrected chi connectivity index (χ3v) is 5.27. The molecule has 5 atom stereocenters. The Morgan fingerprint density at radius 3 is 2.45 bits per heavy atom. The molecule has 5 unspecified atom stereocenters. The third kappa shape index (κ3) is 2.11. The summed E-state index contributed by atoms with van der Waals surface area (Å²) in [7, 11) is 0. The van der Waals surface area contributed by atoms with E-state index in [0.29, 0.717) is 5.92 Å². The standard InChI is InChI=1S/C17H27NO2/c1-10-8-14(18-11(2)6-7-12(18)3)15(19)13-9-17(4,5)20-16(10)13/h6-7,10,13-16,19H,8-9H2,1-5H3. The van der Waals surface area contributed by atoms with E-state index in [0.717, 1.165) is 12.8 Å². The number of aliphatic hydroxyl groups is 1. The van der Waals surface area contributed by atoms with E-state index in [-0.39, 0.29) is 29.8 Å². The molecule has 3 nitrogen and oxygen atoms in total. The first kappa shape index (κ1) is 14.2. The second-order valence-electron chi connectivity index (χ2n) is 7.47. The molecule has 0 amide bonds. The molecule has 1 aliphatic heterocycles. The summed E-state index contributed by atoms with van der Waals surface area (Å²) in [6, 6.07) is 4.49. The first-order valence-corrected chi connectivity index (χ1v) is 7.80. The van der Waals surface area contributed by atoms with Crippen molar-refractivity contribution in [2.45, 2.75) is 71.3 Å². The summed E-state index contributed by atoms with van der Waals surface area (Å²) in [5.74, 6) is 0.760. The highest BCUT2D eigenvalue weighted by molar-refractivity contribution is 5.17. The molecule has 1 aromatic rings. The average molecular weight is 277 g/mol. The van der Waals surface area contributed by atoms with Gasteiger partial charge in [-0.15, -0.1) is 0 Å². The van der Waals surface area contributed by atoms with E-state index in [1.807, 2.05) is 0 Å². The maximum absolute atomic E-state index is 10.9. The number of hydrogen-bond acceptors (Lipinski definition) is 2. The third-order valence-electron chi connectivity index (χ3n) is 5.27. The number of aryl methyl sites for hydroxylation is 2. The molecule has 3 heteroatoms. The van der Waals surface area contributed by atoms with Gasteiger partial charge in [0.15, 0.2) is 0 Å². The lowest BCUT2D eigenvalue weighted by Crippen LogP contribution is -2.45. The molecule has 1 aromatic heterocycles. The Balaban J connectivity index is 1.93. The lowest BCUT2D eigenvalue weighted by Gasteiger charge is -2.41. The van der Waals surface area contributed by atoms with Crippen LogP contribution in [0.3, 0.4) is 0 Å². The van der Waals surface area contributed by atoms with Gasteiger partial charge in [-0.05, 0) is 58.6 Å². The minimum atomic E-state index is -0.303. The highest BCUT2D eigenvalue weighted by Gasteiger charge is 2.51. The van der Waals surface area contributed by atoms with Crippen LogP contribution < -0.4 is 0 Å². The lowest BCUT2D eigenvalue weighted by atomic mass is 9.73. The smallest absolute Gasteiger partial charge is 0.0801 e. The predicted molar refractivity (Wildman–Crippen MR) is 79.8 cm³/mol. The molecule has 2 heterocycles. The second-order valence-corrected chi connectivity index (χ2v) is 7.47. The van der Waals surface area contributed by atoms with Gasteiger partial charge in [0, 0.05) is 17.3 Å². The monoisotopic (exact) mass is 277 g/mol. The molecule has 0 bridgehead atoms. The molecule has 1 aliphatic carbocycles. The summed E-state index contributed by atoms with van der Waals surface area (Å²) in [6.45, 7) is 10.8. The number of fused-ring (bicyclic) bond motifs is 1. The number of nitrogens with zero attached hydrogens (tertiary/aromatic N) is 1. The molecule has 1 saturated carbocycles. The van der Waals surface area contributed by atoms with E-state index in [9.17, 15) is 5.11 Å². The van der Waals surface area contributed by atoms with Crippen molar-refractivity contribution in [3.8, 4) is 0 Å². The van der Waals surface area contributed by atoms with Gasteiger partial charge in [-0.2, -0.15) is 0 Å².